The van der Waals surface area contributed by atoms with Gasteiger partial charge in [0.1, 0.15) is 0 Å². The summed E-state index contributed by atoms with van der Waals surface area (Å²) in [5.41, 5.74) is 0. The van der Waals surface area contributed by atoms with Crippen molar-refractivity contribution in [1.29, 1.82) is 0 Å². The Morgan fingerprint density at radius 1 is 1.42 bits per heavy atom. The van der Waals surface area contributed by atoms with Crippen molar-refractivity contribution in [1.82, 2.24) is 4.90 Å². The normalized spacial score (nSPS) is 35.1. The van der Waals surface area contributed by atoms with Gasteiger partial charge < -0.3 is 4.90 Å². The van der Waals surface area contributed by atoms with E-state index in [1.165, 1.54) is 19.3 Å². The molecule has 1 fully saturated rings. The summed E-state index contributed by atoms with van der Waals surface area (Å²) in [6.45, 7) is 0. The van der Waals surface area contributed by atoms with E-state index in [1.807, 2.05) is 13.2 Å². The minimum Gasteiger partial charge on any atom is -0.322 e. The molecule has 0 aromatic rings. The molecule has 0 radical (unpaired) electrons. The molecule has 2 unspecified atom stereocenters. The third-order valence-electron chi connectivity index (χ3n) is 3.04. The molecule has 12 heavy (non-hydrogen) atoms. The number of hydrogen-bond acceptors (Lipinski definition) is 1. The van der Waals surface area contributed by atoms with Gasteiger partial charge in [0.25, 0.3) is 0 Å². The topological polar surface area (TPSA) is 20.3 Å². The van der Waals surface area contributed by atoms with Crippen LogP contribution in [-0.4, -0.2) is 17.9 Å². The Bertz CT molecular complexity index is 222. The fraction of sp³-hybridized carbons (Fsp3) is 0.700. The van der Waals surface area contributed by atoms with Gasteiger partial charge in [0, 0.05) is 19.2 Å². The molecular weight excluding hydrogens is 150 g/mol. The molecule has 0 spiro atoms. The lowest BCUT2D eigenvalue weighted by Gasteiger charge is -2.34. The molecule has 0 aromatic heterocycles. The Balaban J connectivity index is 2.19. The highest BCUT2D eigenvalue weighted by Crippen LogP contribution is 2.34. The average molecular weight is 165 g/mol. The predicted octanol–water partition coefficient (Wildman–Crippen LogP) is 1.78. The van der Waals surface area contributed by atoms with Crippen molar-refractivity contribution >= 4 is 5.91 Å². The zero-order valence-corrected chi connectivity index (χ0v) is 7.49. The Labute approximate surface area is 73.2 Å². The van der Waals surface area contributed by atoms with Gasteiger partial charge in [-0.2, -0.15) is 0 Å². The van der Waals surface area contributed by atoms with E-state index in [1.54, 1.807) is 4.90 Å². The van der Waals surface area contributed by atoms with E-state index in [0.717, 1.165) is 6.42 Å². The highest BCUT2D eigenvalue weighted by Gasteiger charge is 2.33. The molecular formula is C10H15NO. The number of hydrogen-bond donors (Lipinski definition) is 0. The van der Waals surface area contributed by atoms with Crippen LogP contribution in [0.2, 0.25) is 0 Å². The summed E-state index contributed by atoms with van der Waals surface area (Å²) in [5.74, 6) is 1.17. The third kappa shape index (κ3) is 1.15. The molecule has 2 heteroatoms. The van der Waals surface area contributed by atoms with Crippen molar-refractivity contribution < 1.29 is 4.79 Å². The average Bonchev–Trinajstić information content (AvgIpc) is 2.12. The van der Waals surface area contributed by atoms with Gasteiger partial charge in [-0.05, 0) is 18.8 Å². The van der Waals surface area contributed by atoms with Crippen molar-refractivity contribution in [2.75, 3.05) is 7.05 Å². The van der Waals surface area contributed by atoms with Crippen LogP contribution in [0.15, 0.2) is 12.3 Å². The van der Waals surface area contributed by atoms with Crippen LogP contribution in [0, 0.1) is 11.8 Å². The van der Waals surface area contributed by atoms with Gasteiger partial charge in [0.05, 0.1) is 0 Å². The number of carbonyl (C=O) groups is 1. The highest BCUT2D eigenvalue weighted by molar-refractivity contribution is 5.81. The van der Waals surface area contributed by atoms with Crippen LogP contribution < -0.4 is 0 Å². The lowest BCUT2D eigenvalue weighted by molar-refractivity contribution is -0.135. The zero-order valence-electron chi connectivity index (χ0n) is 7.49. The first-order valence-corrected chi connectivity index (χ1v) is 4.74. The number of amides is 1. The second-order valence-electron chi connectivity index (χ2n) is 3.85. The molecule has 2 atom stereocenters. The fourth-order valence-corrected chi connectivity index (χ4v) is 2.27. The van der Waals surface area contributed by atoms with Crippen LogP contribution in [-0.2, 0) is 4.79 Å². The number of carbonyl (C=O) groups excluding carboxylic acids is 1. The molecule has 2 nitrogen and oxygen atoms in total. The Morgan fingerprint density at radius 2 is 2.17 bits per heavy atom. The quantitative estimate of drug-likeness (QED) is 0.535. The minimum absolute atomic E-state index is 0.300. The van der Waals surface area contributed by atoms with Crippen LogP contribution in [0.4, 0.5) is 0 Å². The summed E-state index contributed by atoms with van der Waals surface area (Å²) < 4.78 is 0. The van der Waals surface area contributed by atoms with E-state index in [2.05, 4.69) is 6.08 Å². The van der Waals surface area contributed by atoms with Crippen molar-refractivity contribution in [3.8, 4) is 0 Å². The minimum atomic E-state index is 0.300. The summed E-state index contributed by atoms with van der Waals surface area (Å²) in [6.07, 6.45) is 8.95. The Kier molecular flexibility index (Phi) is 1.91. The van der Waals surface area contributed by atoms with Gasteiger partial charge in [0.15, 0.2) is 0 Å². The summed E-state index contributed by atoms with van der Waals surface area (Å²) in [7, 11) is 1.85. The van der Waals surface area contributed by atoms with E-state index < -0.39 is 0 Å². The second kappa shape index (κ2) is 2.92. The monoisotopic (exact) mass is 165 g/mol. The van der Waals surface area contributed by atoms with Crippen LogP contribution in [0.25, 0.3) is 0 Å². The molecule has 0 saturated heterocycles. The van der Waals surface area contributed by atoms with Gasteiger partial charge >= 0.3 is 0 Å². The third-order valence-corrected chi connectivity index (χ3v) is 3.04. The largest absolute Gasteiger partial charge is 0.322 e. The first-order chi connectivity index (χ1) is 5.79. The van der Waals surface area contributed by atoms with Crippen molar-refractivity contribution in [2.24, 2.45) is 11.8 Å². The van der Waals surface area contributed by atoms with Gasteiger partial charge in [-0.15, -0.1) is 0 Å². The lowest BCUT2D eigenvalue weighted by Crippen LogP contribution is -2.38. The van der Waals surface area contributed by atoms with E-state index in [4.69, 9.17) is 0 Å². The molecule has 0 aromatic carbocycles. The molecule has 1 aliphatic heterocycles. The maximum Gasteiger partial charge on any atom is 0.229 e. The molecule has 0 N–H and O–H groups in total. The number of fused-ring (bicyclic) bond motifs is 1. The van der Waals surface area contributed by atoms with Gasteiger partial charge in [-0.1, -0.05) is 18.9 Å². The maximum atomic E-state index is 11.6. The number of nitrogens with zero attached hydrogens (tertiary/aromatic N) is 1. The zero-order chi connectivity index (χ0) is 8.55. The predicted molar refractivity (Wildman–Crippen MR) is 47.4 cm³/mol. The lowest BCUT2D eigenvalue weighted by atomic mass is 9.77. The van der Waals surface area contributed by atoms with Crippen LogP contribution in [0.3, 0.4) is 0 Å². The second-order valence-corrected chi connectivity index (χ2v) is 3.85. The first-order valence-electron chi connectivity index (χ1n) is 4.74. The van der Waals surface area contributed by atoms with Crippen LogP contribution in [0.5, 0.6) is 0 Å². The molecule has 2 rings (SSSR count). The number of rotatable bonds is 0. The molecule has 1 heterocycles. The highest BCUT2D eigenvalue weighted by atomic mass is 16.2. The fourth-order valence-electron chi connectivity index (χ4n) is 2.27. The van der Waals surface area contributed by atoms with E-state index in [9.17, 15) is 4.79 Å². The summed E-state index contributed by atoms with van der Waals surface area (Å²) in [6, 6.07) is 0. The van der Waals surface area contributed by atoms with Gasteiger partial charge in [-0.3, -0.25) is 4.79 Å². The van der Waals surface area contributed by atoms with E-state index >= 15 is 0 Å². The molecule has 66 valence electrons. The smallest absolute Gasteiger partial charge is 0.229 e. The summed E-state index contributed by atoms with van der Waals surface area (Å²) >= 11 is 0. The molecule has 1 amide bonds. The van der Waals surface area contributed by atoms with Gasteiger partial charge in [-0.25, -0.2) is 0 Å². The van der Waals surface area contributed by atoms with E-state index in [0.29, 0.717) is 17.7 Å². The SMILES string of the molecule is CN1C=CC2CCCCC2C1=O. The van der Waals surface area contributed by atoms with Crippen molar-refractivity contribution in [3.05, 3.63) is 12.3 Å². The maximum absolute atomic E-state index is 11.6. The van der Waals surface area contributed by atoms with Gasteiger partial charge in [0.2, 0.25) is 5.91 Å². The standard InChI is InChI=1S/C10H15NO/c1-11-7-6-8-4-2-3-5-9(8)10(11)12/h6-9H,2-5H2,1H3. The Hall–Kier alpha value is -0.790. The molecule has 1 saturated carbocycles. The molecule has 1 aliphatic carbocycles. The summed E-state index contributed by atoms with van der Waals surface area (Å²) in [4.78, 5) is 13.4. The van der Waals surface area contributed by atoms with Crippen LogP contribution in [0.1, 0.15) is 25.7 Å². The first kappa shape index (κ1) is 7.84. The van der Waals surface area contributed by atoms with Crippen molar-refractivity contribution in [2.45, 2.75) is 25.7 Å². The van der Waals surface area contributed by atoms with Crippen molar-refractivity contribution in [3.63, 3.8) is 0 Å². The Morgan fingerprint density at radius 3 is 3.00 bits per heavy atom. The van der Waals surface area contributed by atoms with E-state index in [-0.39, 0.29) is 0 Å². The molecule has 0 bridgehead atoms. The molecule has 2 aliphatic rings. The number of allylic oxidation sites excluding steroid dienone is 1. The summed E-state index contributed by atoms with van der Waals surface area (Å²) in [5, 5.41) is 0. The van der Waals surface area contributed by atoms with Crippen LogP contribution >= 0.6 is 0 Å².